The highest BCUT2D eigenvalue weighted by Crippen LogP contribution is 2.38. The second kappa shape index (κ2) is 4.08. The molecule has 0 amide bonds. The van der Waals surface area contributed by atoms with Crippen LogP contribution in [0.25, 0.3) is 0 Å². The van der Waals surface area contributed by atoms with Gasteiger partial charge < -0.3 is 10.6 Å². The fourth-order valence-electron chi connectivity index (χ4n) is 2.47. The lowest BCUT2D eigenvalue weighted by molar-refractivity contribution is -0.385. The van der Waals surface area contributed by atoms with E-state index in [2.05, 4.69) is 23.8 Å². The van der Waals surface area contributed by atoms with Gasteiger partial charge in [-0.25, -0.2) is 4.98 Å². The van der Waals surface area contributed by atoms with Gasteiger partial charge in [0.05, 0.1) is 4.92 Å². The molecular weight excluding hydrogens is 234 g/mol. The number of hydrogen-bond donors (Lipinski definition) is 1. The Hall–Kier alpha value is -1.92. The molecule has 0 aliphatic carbocycles. The van der Waals surface area contributed by atoms with Crippen molar-refractivity contribution in [3.05, 3.63) is 15.8 Å². The van der Waals surface area contributed by atoms with Crippen LogP contribution >= 0.6 is 0 Å². The number of nitrogen functional groups attached to an aromatic ring is 1. The molecule has 0 spiro atoms. The van der Waals surface area contributed by atoms with Crippen LogP contribution in [0.4, 0.5) is 17.5 Å². The van der Waals surface area contributed by atoms with Gasteiger partial charge >= 0.3 is 5.69 Å². The number of nitro groups is 1. The van der Waals surface area contributed by atoms with E-state index in [-0.39, 0.29) is 17.2 Å². The summed E-state index contributed by atoms with van der Waals surface area (Å²) in [5.41, 5.74) is 5.74. The molecule has 2 N–H and O–H groups in total. The molecular formula is C11H17N5O2. The van der Waals surface area contributed by atoms with E-state index in [1.54, 1.807) is 6.92 Å². The molecule has 1 fully saturated rings. The second-order valence-corrected chi connectivity index (χ2v) is 5.16. The summed E-state index contributed by atoms with van der Waals surface area (Å²) in [5.74, 6) is 0.420. The second-order valence-electron chi connectivity index (χ2n) is 5.16. The smallest absolute Gasteiger partial charge is 0.332 e. The Bertz CT molecular complexity index is 500. The van der Waals surface area contributed by atoms with Crippen molar-refractivity contribution in [1.82, 2.24) is 9.97 Å². The molecule has 1 aliphatic heterocycles. The largest absolute Gasteiger partial charge is 0.368 e. The van der Waals surface area contributed by atoms with Crippen LogP contribution < -0.4 is 10.6 Å². The van der Waals surface area contributed by atoms with Gasteiger partial charge in [0.15, 0.2) is 0 Å². The van der Waals surface area contributed by atoms with Crippen LogP contribution in [0.1, 0.15) is 32.4 Å². The highest BCUT2D eigenvalue weighted by atomic mass is 16.6. The van der Waals surface area contributed by atoms with E-state index in [1.807, 2.05) is 4.90 Å². The number of nitrogens with zero attached hydrogens (tertiary/aromatic N) is 4. The quantitative estimate of drug-likeness (QED) is 0.634. The van der Waals surface area contributed by atoms with E-state index in [4.69, 9.17) is 5.73 Å². The van der Waals surface area contributed by atoms with Gasteiger partial charge in [0.25, 0.3) is 0 Å². The molecule has 1 aromatic heterocycles. The minimum atomic E-state index is -0.432. The summed E-state index contributed by atoms with van der Waals surface area (Å²) in [6, 6.07) is 0. The zero-order valence-electron chi connectivity index (χ0n) is 10.8. The zero-order valence-corrected chi connectivity index (χ0v) is 10.8. The predicted molar refractivity (Wildman–Crippen MR) is 68.5 cm³/mol. The highest BCUT2D eigenvalue weighted by Gasteiger charge is 2.38. The molecule has 7 heteroatoms. The maximum atomic E-state index is 11.2. The maximum absolute atomic E-state index is 11.2. The van der Waals surface area contributed by atoms with Gasteiger partial charge in [-0.05, 0) is 33.6 Å². The van der Waals surface area contributed by atoms with Gasteiger partial charge in [-0.2, -0.15) is 4.98 Å². The summed E-state index contributed by atoms with van der Waals surface area (Å²) in [4.78, 5) is 20.7. The van der Waals surface area contributed by atoms with Crippen molar-refractivity contribution in [2.75, 3.05) is 17.2 Å². The van der Waals surface area contributed by atoms with Crippen molar-refractivity contribution in [2.45, 2.75) is 39.2 Å². The third-order valence-corrected chi connectivity index (χ3v) is 3.40. The van der Waals surface area contributed by atoms with E-state index in [0.29, 0.717) is 11.5 Å². The van der Waals surface area contributed by atoms with Crippen LogP contribution in [0.2, 0.25) is 0 Å². The van der Waals surface area contributed by atoms with Gasteiger partial charge in [0.1, 0.15) is 5.69 Å². The van der Waals surface area contributed by atoms with E-state index in [1.165, 1.54) is 0 Å². The normalized spacial score (nSPS) is 18.1. The summed E-state index contributed by atoms with van der Waals surface area (Å²) < 4.78 is 0. The molecule has 2 rings (SSSR count). The first kappa shape index (κ1) is 12.5. The molecule has 2 heterocycles. The highest BCUT2D eigenvalue weighted by molar-refractivity contribution is 5.63. The van der Waals surface area contributed by atoms with Crippen LogP contribution in [0.5, 0.6) is 0 Å². The van der Waals surface area contributed by atoms with Gasteiger partial charge in [-0.1, -0.05) is 0 Å². The lowest BCUT2D eigenvalue weighted by Crippen LogP contribution is -2.39. The summed E-state index contributed by atoms with van der Waals surface area (Å²) in [5, 5.41) is 11.2. The van der Waals surface area contributed by atoms with Crippen LogP contribution in [0, 0.1) is 17.0 Å². The number of rotatable bonds is 2. The molecule has 98 valence electrons. The standard InChI is InChI=1S/C11H17N5O2/c1-7-8(16(17)18)9(14-10(12)13-7)15-6-4-5-11(15,2)3/h4-6H2,1-3H3,(H2,12,13,14). The molecule has 1 aromatic rings. The number of anilines is 2. The van der Waals surface area contributed by atoms with Crippen molar-refractivity contribution < 1.29 is 4.92 Å². The fraction of sp³-hybridized carbons (Fsp3) is 0.636. The van der Waals surface area contributed by atoms with Crippen molar-refractivity contribution in [3.8, 4) is 0 Å². The zero-order chi connectivity index (χ0) is 13.5. The Labute approximate surface area is 105 Å². The Morgan fingerprint density at radius 3 is 2.61 bits per heavy atom. The SMILES string of the molecule is Cc1nc(N)nc(N2CCCC2(C)C)c1[N+](=O)[O-]. The lowest BCUT2D eigenvalue weighted by Gasteiger charge is -2.32. The molecule has 0 radical (unpaired) electrons. The Morgan fingerprint density at radius 1 is 1.44 bits per heavy atom. The fourth-order valence-corrected chi connectivity index (χ4v) is 2.47. The summed E-state index contributed by atoms with van der Waals surface area (Å²) in [6.07, 6.45) is 1.97. The van der Waals surface area contributed by atoms with Gasteiger partial charge in [0, 0.05) is 12.1 Å². The van der Waals surface area contributed by atoms with Gasteiger partial charge in [0.2, 0.25) is 11.8 Å². The Morgan fingerprint density at radius 2 is 2.11 bits per heavy atom. The lowest BCUT2D eigenvalue weighted by atomic mass is 10.0. The van der Waals surface area contributed by atoms with Crippen molar-refractivity contribution in [1.29, 1.82) is 0 Å². The summed E-state index contributed by atoms with van der Waals surface area (Å²) in [7, 11) is 0. The van der Waals surface area contributed by atoms with E-state index in [0.717, 1.165) is 19.4 Å². The number of aromatic nitrogens is 2. The third-order valence-electron chi connectivity index (χ3n) is 3.40. The predicted octanol–water partition coefficient (Wildman–Crippen LogP) is 1.65. The van der Waals surface area contributed by atoms with Crippen LogP contribution in [0.15, 0.2) is 0 Å². The van der Waals surface area contributed by atoms with Crippen molar-refractivity contribution >= 4 is 17.5 Å². The topological polar surface area (TPSA) is 98.2 Å². The minimum absolute atomic E-state index is 0.0424. The Kier molecular flexibility index (Phi) is 2.84. The van der Waals surface area contributed by atoms with Crippen molar-refractivity contribution in [2.24, 2.45) is 0 Å². The molecule has 1 saturated heterocycles. The van der Waals surface area contributed by atoms with Crippen LogP contribution in [-0.2, 0) is 0 Å². The van der Waals surface area contributed by atoms with Crippen molar-refractivity contribution in [3.63, 3.8) is 0 Å². The molecule has 0 saturated carbocycles. The first-order chi connectivity index (χ1) is 8.33. The summed E-state index contributed by atoms with van der Waals surface area (Å²) >= 11 is 0. The minimum Gasteiger partial charge on any atom is -0.368 e. The average molecular weight is 251 g/mol. The number of nitrogens with two attached hydrogens (primary N) is 1. The third kappa shape index (κ3) is 1.96. The van der Waals surface area contributed by atoms with E-state index in [9.17, 15) is 10.1 Å². The van der Waals surface area contributed by atoms with E-state index < -0.39 is 4.92 Å². The molecule has 0 atom stereocenters. The molecule has 0 unspecified atom stereocenters. The first-order valence-electron chi connectivity index (χ1n) is 5.89. The summed E-state index contributed by atoms with van der Waals surface area (Å²) in [6.45, 7) is 6.45. The monoisotopic (exact) mass is 251 g/mol. The molecule has 0 bridgehead atoms. The molecule has 7 nitrogen and oxygen atoms in total. The van der Waals surface area contributed by atoms with Gasteiger partial charge in [-0.3, -0.25) is 10.1 Å². The molecule has 18 heavy (non-hydrogen) atoms. The first-order valence-corrected chi connectivity index (χ1v) is 5.89. The number of hydrogen-bond acceptors (Lipinski definition) is 6. The van der Waals surface area contributed by atoms with Gasteiger partial charge in [-0.15, -0.1) is 0 Å². The van der Waals surface area contributed by atoms with Crippen LogP contribution in [0.3, 0.4) is 0 Å². The van der Waals surface area contributed by atoms with E-state index >= 15 is 0 Å². The average Bonchev–Trinajstić information content (AvgIpc) is 2.55. The molecule has 0 aromatic carbocycles. The maximum Gasteiger partial charge on any atom is 0.332 e. The van der Waals surface area contributed by atoms with Crippen LogP contribution in [-0.4, -0.2) is 27.0 Å². The Balaban J connectivity index is 2.59. The number of aryl methyl sites for hydroxylation is 1. The molecule has 1 aliphatic rings.